The van der Waals surface area contributed by atoms with Crippen molar-refractivity contribution in [3.8, 4) is 0 Å². The van der Waals surface area contributed by atoms with E-state index >= 15 is 0 Å². The third kappa shape index (κ3) is 5.49. The second-order valence-electron chi connectivity index (χ2n) is 7.64. The summed E-state index contributed by atoms with van der Waals surface area (Å²) >= 11 is 0. The average molecular weight is 270 g/mol. The monoisotopic (exact) mass is 270 g/mol. The van der Waals surface area contributed by atoms with Crippen molar-refractivity contribution in [3.05, 3.63) is 0 Å². The Bertz CT molecular complexity index is 309. The van der Waals surface area contributed by atoms with E-state index in [2.05, 4.69) is 19.2 Å². The second-order valence-corrected chi connectivity index (χ2v) is 7.64. The van der Waals surface area contributed by atoms with Gasteiger partial charge in [-0.2, -0.15) is 0 Å². The zero-order valence-corrected chi connectivity index (χ0v) is 13.1. The Kier molecular flexibility index (Phi) is 5.02. The molecular weight excluding hydrogens is 240 g/mol. The quantitative estimate of drug-likeness (QED) is 0.823. The molecule has 0 aliphatic heterocycles. The van der Waals surface area contributed by atoms with Crippen molar-refractivity contribution in [1.29, 1.82) is 0 Å². The highest BCUT2D eigenvalue weighted by atomic mass is 16.5. The number of amides is 1. The zero-order valence-electron chi connectivity index (χ0n) is 13.1. The Balaban J connectivity index is 2.48. The van der Waals surface area contributed by atoms with Crippen molar-refractivity contribution < 1.29 is 9.53 Å². The van der Waals surface area contributed by atoms with E-state index in [1.807, 2.05) is 20.8 Å². The molecule has 1 fully saturated rings. The third-order valence-electron chi connectivity index (χ3n) is 3.91. The van der Waals surface area contributed by atoms with E-state index in [9.17, 15) is 4.79 Å². The smallest absolute Gasteiger partial charge is 0.246 e. The first-order valence-corrected chi connectivity index (χ1v) is 7.23. The number of ether oxygens (including phenoxy) is 1. The minimum atomic E-state index is -0.301. The van der Waals surface area contributed by atoms with Crippen LogP contribution < -0.4 is 11.1 Å². The van der Waals surface area contributed by atoms with Gasteiger partial charge in [0.05, 0.1) is 5.60 Å². The van der Waals surface area contributed by atoms with Gasteiger partial charge in [0.1, 0.15) is 6.61 Å². The van der Waals surface area contributed by atoms with Gasteiger partial charge in [-0.1, -0.05) is 13.8 Å². The number of nitrogens with two attached hydrogens (primary N) is 1. The molecular formula is C15H30N2O2. The first-order valence-electron chi connectivity index (χ1n) is 7.23. The van der Waals surface area contributed by atoms with Crippen LogP contribution in [-0.4, -0.2) is 30.2 Å². The van der Waals surface area contributed by atoms with E-state index in [1.54, 1.807) is 0 Å². The standard InChI is InChI=1S/C15H30N2O2/c1-13(2,3)17-12(18)10-19-15(11-16)8-6-14(4,5)7-9-15/h6-11,16H2,1-5H3,(H,17,18). The zero-order chi connectivity index (χ0) is 14.7. The maximum absolute atomic E-state index is 11.8. The molecule has 0 heterocycles. The van der Waals surface area contributed by atoms with Gasteiger partial charge in [0.15, 0.2) is 0 Å². The van der Waals surface area contributed by atoms with Crippen LogP contribution in [0.3, 0.4) is 0 Å². The summed E-state index contributed by atoms with van der Waals surface area (Å²) < 4.78 is 5.88. The lowest BCUT2D eigenvalue weighted by molar-refractivity contribution is -0.138. The molecule has 0 aromatic heterocycles. The van der Waals surface area contributed by atoms with E-state index in [-0.39, 0.29) is 23.7 Å². The van der Waals surface area contributed by atoms with Crippen molar-refractivity contribution in [2.24, 2.45) is 11.1 Å². The lowest BCUT2D eigenvalue weighted by Crippen LogP contribution is -2.49. The Morgan fingerprint density at radius 1 is 1.21 bits per heavy atom. The SMILES string of the molecule is CC1(C)CCC(CN)(OCC(=O)NC(C)(C)C)CC1. The van der Waals surface area contributed by atoms with Crippen LogP contribution in [0, 0.1) is 5.41 Å². The number of hydrogen-bond acceptors (Lipinski definition) is 3. The van der Waals surface area contributed by atoms with Crippen molar-refractivity contribution in [2.45, 2.75) is 71.4 Å². The number of nitrogens with one attached hydrogen (secondary N) is 1. The van der Waals surface area contributed by atoms with Gasteiger partial charge in [-0.05, 0) is 51.9 Å². The van der Waals surface area contributed by atoms with Crippen LogP contribution >= 0.6 is 0 Å². The fourth-order valence-corrected chi connectivity index (χ4v) is 2.46. The Labute approximate surface area is 117 Å². The molecule has 0 bridgehead atoms. The van der Waals surface area contributed by atoms with Crippen LogP contribution in [0.2, 0.25) is 0 Å². The van der Waals surface area contributed by atoms with Crippen molar-refractivity contribution in [1.82, 2.24) is 5.32 Å². The van der Waals surface area contributed by atoms with Gasteiger partial charge < -0.3 is 15.8 Å². The van der Waals surface area contributed by atoms with Crippen molar-refractivity contribution in [3.63, 3.8) is 0 Å². The normalized spacial score (nSPS) is 22.0. The molecule has 19 heavy (non-hydrogen) atoms. The van der Waals surface area contributed by atoms with Gasteiger partial charge in [-0.3, -0.25) is 4.79 Å². The predicted octanol–water partition coefficient (Wildman–Crippen LogP) is 2.22. The summed E-state index contributed by atoms with van der Waals surface area (Å²) in [5, 5.41) is 2.91. The molecule has 112 valence electrons. The molecule has 0 radical (unpaired) electrons. The Morgan fingerprint density at radius 2 is 1.74 bits per heavy atom. The lowest BCUT2D eigenvalue weighted by Gasteiger charge is -2.42. The van der Waals surface area contributed by atoms with E-state index in [1.165, 1.54) is 0 Å². The van der Waals surface area contributed by atoms with Crippen LogP contribution in [-0.2, 0) is 9.53 Å². The molecule has 4 heteroatoms. The van der Waals surface area contributed by atoms with E-state index < -0.39 is 0 Å². The first kappa shape index (κ1) is 16.4. The fraction of sp³-hybridized carbons (Fsp3) is 0.933. The van der Waals surface area contributed by atoms with E-state index in [4.69, 9.17) is 10.5 Å². The van der Waals surface area contributed by atoms with Gasteiger partial charge in [0, 0.05) is 12.1 Å². The Hall–Kier alpha value is -0.610. The molecule has 1 saturated carbocycles. The molecule has 1 aliphatic carbocycles. The van der Waals surface area contributed by atoms with Gasteiger partial charge in [0.2, 0.25) is 5.91 Å². The molecule has 0 spiro atoms. The van der Waals surface area contributed by atoms with Crippen LogP contribution in [0.5, 0.6) is 0 Å². The molecule has 0 saturated heterocycles. The highest BCUT2D eigenvalue weighted by molar-refractivity contribution is 5.77. The first-order chi connectivity index (χ1) is 8.58. The molecule has 0 aromatic rings. The van der Waals surface area contributed by atoms with Crippen molar-refractivity contribution in [2.75, 3.05) is 13.2 Å². The molecule has 0 atom stereocenters. The van der Waals surface area contributed by atoms with E-state index in [0.29, 0.717) is 12.0 Å². The molecule has 0 unspecified atom stereocenters. The highest BCUT2D eigenvalue weighted by Crippen LogP contribution is 2.41. The predicted molar refractivity (Wildman–Crippen MR) is 77.9 cm³/mol. The highest BCUT2D eigenvalue weighted by Gasteiger charge is 2.38. The van der Waals surface area contributed by atoms with Crippen molar-refractivity contribution >= 4 is 5.91 Å². The molecule has 1 aliphatic rings. The van der Waals surface area contributed by atoms with E-state index in [0.717, 1.165) is 25.7 Å². The number of carbonyl (C=O) groups excluding carboxylic acids is 1. The number of hydrogen-bond donors (Lipinski definition) is 2. The van der Waals surface area contributed by atoms with Crippen LogP contribution in [0.4, 0.5) is 0 Å². The number of rotatable bonds is 4. The molecule has 1 amide bonds. The summed E-state index contributed by atoms with van der Waals surface area (Å²) in [4.78, 5) is 11.8. The van der Waals surface area contributed by atoms with Gasteiger partial charge in [-0.25, -0.2) is 0 Å². The summed E-state index contributed by atoms with van der Waals surface area (Å²) in [5.41, 5.74) is 5.74. The maximum Gasteiger partial charge on any atom is 0.246 e. The maximum atomic E-state index is 11.8. The molecule has 1 rings (SSSR count). The largest absolute Gasteiger partial charge is 0.364 e. The lowest BCUT2D eigenvalue weighted by atomic mass is 9.71. The summed E-state index contributed by atoms with van der Waals surface area (Å²) in [6.07, 6.45) is 4.09. The average Bonchev–Trinajstić information content (AvgIpc) is 2.26. The number of carbonyl (C=O) groups is 1. The van der Waals surface area contributed by atoms with Gasteiger partial charge in [-0.15, -0.1) is 0 Å². The van der Waals surface area contributed by atoms with Crippen LogP contribution in [0.25, 0.3) is 0 Å². The molecule has 4 nitrogen and oxygen atoms in total. The van der Waals surface area contributed by atoms with Gasteiger partial charge in [0.25, 0.3) is 0 Å². The van der Waals surface area contributed by atoms with Crippen LogP contribution in [0.15, 0.2) is 0 Å². The summed E-state index contributed by atoms with van der Waals surface area (Å²) in [7, 11) is 0. The minimum Gasteiger partial charge on any atom is -0.364 e. The minimum absolute atomic E-state index is 0.0647. The fourth-order valence-electron chi connectivity index (χ4n) is 2.46. The summed E-state index contributed by atoms with van der Waals surface area (Å²) in [5.74, 6) is -0.0647. The topological polar surface area (TPSA) is 64.3 Å². The third-order valence-corrected chi connectivity index (χ3v) is 3.91. The molecule has 3 N–H and O–H groups in total. The Morgan fingerprint density at radius 3 is 2.16 bits per heavy atom. The second kappa shape index (κ2) is 5.80. The summed E-state index contributed by atoms with van der Waals surface area (Å²) in [6.45, 7) is 11.0. The van der Waals surface area contributed by atoms with Gasteiger partial charge >= 0.3 is 0 Å². The van der Waals surface area contributed by atoms with Crippen LogP contribution in [0.1, 0.15) is 60.3 Å². The molecule has 0 aromatic carbocycles. The summed E-state index contributed by atoms with van der Waals surface area (Å²) in [6, 6.07) is 0.